The number of amides is 1. The van der Waals surface area contributed by atoms with Gasteiger partial charge >= 0.3 is 0 Å². The highest BCUT2D eigenvalue weighted by atomic mass is 127. The number of carbonyl (C=O) groups excluding carboxylic acids is 1. The second kappa shape index (κ2) is 11.5. The van der Waals surface area contributed by atoms with Gasteiger partial charge < -0.3 is 24.6 Å². The average molecular weight is 542 g/mol. The molecule has 8 heteroatoms. The van der Waals surface area contributed by atoms with Gasteiger partial charge in [-0.3, -0.25) is 9.79 Å². The molecule has 0 spiro atoms. The van der Waals surface area contributed by atoms with Crippen LogP contribution in [0.3, 0.4) is 0 Å². The van der Waals surface area contributed by atoms with Crippen LogP contribution in [0, 0.1) is 0 Å². The van der Waals surface area contributed by atoms with Gasteiger partial charge in [-0.15, -0.1) is 24.0 Å². The van der Waals surface area contributed by atoms with Crippen molar-refractivity contribution in [2.24, 2.45) is 4.99 Å². The zero-order valence-electron chi connectivity index (χ0n) is 18.4. The predicted molar refractivity (Wildman–Crippen MR) is 132 cm³/mol. The van der Waals surface area contributed by atoms with E-state index in [0.717, 1.165) is 77.6 Å². The van der Waals surface area contributed by atoms with Gasteiger partial charge in [0.2, 0.25) is 0 Å². The van der Waals surface area contributed by atoms with Crippen molar-refractivity contribution in [1.29, 1.82) is 0 Å². The average Bonchev–Trinajstić information content (AvgIpc) is 3.36. The third-order valence-electron chi connectivity index (χ3n) is 6.73. The van der Waals surface area contributed by atoms with Crippen LogP contribution in [0.1, 0.15) is 31.2 Å². The quantitative estimate of drug-likeness (QED) is 0.360. The summed E-state index contributed by atoms with van der Waals surface area (Å²) >= 11 is 0. The van der Waals surface area contributed by atoms with Gasteiger partial charge in [-0.05, 0) is 31.2 Å². The number of guanidine groups is 1. The van der Waals surface area contributed by atoms with Crippen molar-refractivity contribution >= 4 is 35.8 Å². The first-order valence-corrected chi connectivity index (χ1v) is 11.2. The first-order valence-electron chi connectivity index (χ1n) is 11.2. The van der Waals surface area contributed by atoms with E-state index in [1.807, 2.05) is 11.9 Å². The molecular formula is C23H35IN4O3. The van der Waals surface area contributed by atoms with E-state index in [2.05, 4.69) is 45.5 Å². The van der Waals surface area contributed by atoms with Crippen LogP contribution in [0.25, 0.3) is 0 Å². The normalized spacial score (nSPS) is 23.9. The van der Waals surface area contributed by atoms with Crippen LogP contribution < -0.4 is 5.32 Å². The molecule has 31 heavy (non-hydrogen) atoms. The van der Waals surface area contributed by atoms with Crippen LogP contribution in [0.5, 0.6) is 0 Å². The Labute approximate surface area is 202 Å². The van der Waals surface area contributed by atoms with E-state index < -0.39 is 0 Å². The number of hydrogen-bond donors (Lipinski definition) is 1. The molecule has 3 fully saturated rings. The van der Waals surface area contributed by atoms with Crippen LogP contribution >= 0.6 is 24.0 Å². The SMILES string of the molecule is CN=C(NCC1(c2ccccc2)CCOCC1)N1CCN(C(=O)C2CCCO2)CC1.I. The lowest BCUT2D eigenvalue weighted by Gasteiger charge is -2.41. The van der Waals surface area contributed by atoms with Gasteiger partial charge in [0.15, 0.2) is 5.96 Å². The Kier molecular flexibility index (Phi) is 8.97. The molecule has 4 rings (SSSR count). The number of carbonyl (C=O) groups is 1. The lowest BCUT2D eigenvalue weighted by atomic mass is 9.74. The zero-order valence-corrected chi connectivity index (χ0v) is 20.8. The fourth-order valence-corrected chi connectivity index (χ4v) is 4.82. The van der Waals surface area contributed by atoms with Crippen LogP contribution in [-0.4, -0.2) is 87.4 Å². The lowest BCUT2D eigenvalue weighted by Crippen LogP contribution is -2.56. The van der Waals surface area contributed by atoms with Gasteiger partial charge in [0.1, 0.15) is 6.10 Å². The molecule has 1 unspecified atom stereocenters. The molecule has 3 heterocycles. The second-order valence-electron chi connectivity index (χ2n) is 8.47. The molecule has 1 aromatic carbocycles. The summed E-state index contributed by atoms with van der Waals surface area (Å²) in [5.74, 6) is 1.07. The lowest BCUT2D eigenvalue weighted by molar-refractivity contribution is -0.142. The van der Waals surface area contributed by atoms with Crippen LogP contribution in [0.15, 0.2) is 35.3 Å². The number of nitrogens with zero attached hydrogens (tertiary/aromatic N) is 3. The molecule has 7 nitrogen and oxygen atoms in total. The third kappa shape index (κ3) is 5.70. The molecule has 1 aromatic rings. The summed E-state index contributed by atoms with van der Waals surface area (Å²) in [6.45, 7) is 6.15. The minimum atomic E-state index is -0.228. The molecule has 1 N–H and O–H groups in total. The number of nitrogens with one attached hydrogen (secondary N) is 1. The molecule has 0 bridgehead atoms. The first-order chi connectivity index (χ1) is 14.7. The van der Waals surface area contributed by atoms with E-state index in [4.69, 9.17) is 9.47 Å². The molecular weight excluding hydrogens is 507 g/mol. The van der Waals surface area contributed by atoms with E-state index in [1.54, 1.807) is 0 Å². The molecule has 1 atom stereocenters. The largest absolute Gasteiger partial charge is 0.381 e. The number of piperazine rings is 1. The summed E-state index contributed by atoms with van der Waals surface area (Å²) in [6, 6.07) is 10.8. The van der Waals surface area contributed by atoms with E-state index in [-0.39, 0.29) is 41.4 Å². The highest BCUT2D eigenvalue weighted by molar-refractivity contribution is 14.0. The molecule has 3 aliphatic rings. The van der Waals surface area contributed by atoms with Crippen molar-refractivity contribution in [3.05, 3.63) is 35.9 Å². The number of halogens is 1. The molecule has 172 valence electrons. The Morgan fingerprint density at radius 2 is 1.77 bits per heavy atom. The number of benzene rings is 1. The summed E-state index contributed by atoms with van der Waals surface area (Å²) in [5.41, 5.74) is 1.43. The predicted octanol–water partition coefficient (Wildman–Crippen LogP) is 2.25. The minimum absolute atomic E-state index is 0. The Bertz CT molecular complexity index is 726. The van der Waals surface area contributed by atoms with Crippen LogP contribution in [0.4, 0.5) is 0 Å². The Morgan fingerprint density at radius 1 is 1.10 bits per heavy atom. The summed E-state index contributed by atoms with van der Waals surface area (Å²) in [5, 5.41) is 3.64. The highest BCUT2D eigenvalue weighted by Crippen LogP contribution is 2.34. The van der Waals surface area contributed by atoms with E-state index >= 15 is 0 Å². The summed E-state index contributed by atoms with van der Waals surface area (Å²) in [7, 11) is 1.84. The summed E-state index contributed by atoms with van der Waals surface area (Å²) < 4.78 is 11.2. The van der Waals surface area contributed by atoms with Crippen molar-refractivity contribution in [3.63, 3.8) is 0 Å². The zero-order chi connectivity index (χ0) is 20.8. The van der Waals surface area contributed by atoms with Gasteiger partial charge in [0.25, 0.3) is 5.91 Å². The second-order valence-corrected chi connectivity index (χ2v) is 8.47. The van der Waals surface area contributed by atoms with E-state index in [9.17, 15) is 4.79 Å². The van der Waals surface area contributed by atoms with Gasteiger partial charge in [-0.25, -0.2) is 0 Å². The van der Waals surface area contributed by atoms with Gasteiger partial charge in [-0.1, -0.05) is 30.3 Å². The Hall–Kier alpha value is -1.39. The first kappa shape index (κ1) is 24.3. The van der Waals surface area contributed by atoms with Crippen molar-refractivity contribution in [3.8, 4) is 0 Å². The maximum atomic E-state index is 12.6. The van der Waals surface area contributed by atoms with Crippen molar-refractivity contribution < 1.29 is 14.3 Å². The Balaban J connectivity index is 0.00000272. The van der Waals surface area contributed by atoms with Crippen molar-refractivity contribution in [2.45, 2.75) is 37.2 Å². The molecule has 3 saturated heterocycles. The van der Waals surface area contributed by atoms with Crippen molar-refractivity contribution in [2.75, 3.05) is 59.6 Å². The van der Waals surface area contributed by atoms with Gasteiger partial charge in [0, 0.05) is 65.0 Å². The number of ether oxygens (including phenoxy) is 2. The van der Waals surface area contributed by atoms with E-state index in [1.165, 1.54) is 5.56 Å². The fraction of sp³-hybridized carbons (Fsp3) is 0.652. The fourth-order valence-electron chi connectivity index (χ4n) is 4.82. The summed E-state index contributed by atoms with van der Waals surface area (Å²) in [4.78, 5) is 21.4. The molecule has 0 aromatic heterocycles. The van der Waals surface area contributed by atoms with Crippen LogP contribution in [0.2, 0.25) is 0 Å². The minimum Gasteiger partial charge on any atom is -0.381 e. The van der Waals surface area contributed by atoms with Gasteiger partial charge in [0.05, 0.1) is 0 Å². The van der Waals surface area contributed by atoms with Gasteiger partial charge in [-0.2, -0.15) is 0 Å². The van der Waals surface area contributed by atoms with Crippen LogP contribution in [-0.2, 0) is 19.7 Å². The summed E-state index contributed by atoms with van der Waals surface area (Å²) in [6.07, 6.45) is 3.62. The molecule has 3 aliphatic heterocycles. The smallest absolute Gasteiger partial charge is 0.251 e. The van der Waals surface area contributed by atoms with Crippen molar-refractivity contribution in [1.82, 2.24) is 15.1 Å². The topological polar surface area (TPSA) is 66.4 Å². The standard InChI is InChI=1S/C23H34N4O3.HI/c1-24-22(27-13-11-26(12-14-27)21(28)20-8-5-15-30-20)25-18-23(9-16-29-17-10-23)19-6-3-2-4-7-19;/h2-4,6-7,20H,5,8-18H2,1H3,(H,24,25);1H. The molecule has 0 saturated carbocycles. The molecule has 0 aliphatic carbocycles. The monoisotopic (exact) mass is 542 g/mol. The Morgan fingerprint density at radius 3 is 2.39 bits per heavy atom. The molecule has 1 amide bonds. The number of aliphatic imine (C=N–C) groups is 1. The maximum Gasteiger partial charge on any atom is 0.251 e. The van der Waals surface area contributed by atoms with E-state index in [0.29, 0.717) is 6.61 Å². The number of hydrogen-bond acceptors (Lipinski definition) is 4. The third-order valence-corrected chi connectivity index (χ3v) is 6.73. The maximum absolute atomic E-state index is 12.6. The highest BCUT2D eigenvalue weighted by Gasteiger charge is 2.35. The molecule has 0 radical (unpaired) electrons. The number of rotatable bonds is 4.